The van der Waals surface area contributed by atoms with Gasteiger partial charge in [-0.1, -0.05) is 6.08 Å². The highest BCUT2D eigenvalue weighted by atomic mass is 16.4. The van der Waals surface area contributed by atoms with Crippen molar-refractivity contribution in [2.24, 2.45) is 0 Å². The molecule has 3 heteroatoms. The van der Waals surface area contributed by atoms with Crippen LogP contribution in [0, 0.1) is 0 Å². The molecule has 3 nitrogen and oxygen atoms in total. The van der Waals surface area contributed by atoms with Crippen LogP contribution >= 0.6 is 0 Å². The Morgan fingerprint density at radius 2 is 2.10 bits per heavy atom. The lowest BCUT2D eigenvalue weighted by Crippen LogP contribution is -2.11. The number of carbonyl (C=O) groups excluding carboxylic acids is 1. The van der Waals surface area contributed by atoms with E-state index < -0.39 is 11.8 Å². The first-order valence-electron chi connectivity index (χ1n) is 3.05. The molecule has 0 unspecified atom stereocenters. The topological polar surface area (TPSA) is 54.4 Å². The van der Waals surface area contributed by atoms with Gasteiger partial charge in [-0.05, 0) is 12.8 Å². The van der Waals surface area contributed by atoms with Crippen molar-refractivity contribution in [3.63, 3.8) is 0 Å². The highest BCUT2D eigenvalue weighted by Crippen LogP contribution is 1.96. The van der Waals surface area contributed by atoms with Crippen molar-refractivity contribution in [1.29, 1.82) is 0 Å². The molecule has 0 rings (SSSR count). The van der Waals surface area contributed by atoms with Gasteiger partial charge in [-0.25, -0.2) is 4.79 Å². The highest BCUT2D eigenvalue weighted by molar-refractivity contribution is 6.32. The van der Waals surface area contributed by atoms with Crippen LogP contribution in [0.25, 0.3) is 0 Å². The number of ketones is 1. The van der Waals surface area contributed by atoms with E-state index in [4.69, 9.17) is 5.11 Å². The number of carboxylic acid groups (broad SMARTS) is 1. The summed E-state index contributed by atoms with van der Waals surface area (Å²) in [5, 5.41) is 8.11. The molecule has 0 aromatic carbocycles. The number of carboxylic acids is 1. The number of unbranched alkanes of at least 4 members (excludes halogenated alkanes) is 1. The minimum absolute atomic E-state index is 0.112. The molecule has 0 aromatic rings. The van der Waals surface area contributed by atoms with Gasteiger partial charge in [-0.2, -0.15) is 0 Å². The Kier molecular flexibility index (Phi) is 4.20. The molecule has 56 valence electrons. The van der Waals surface area contributed by atoms with Gasteiger partial charge in [0, 0.05) is 6.42 Å². The lowest BCUT2D eigenvalue weighted by molar-refractivity contribution is -0.149. The Morgan fingerprint density at radius 3 is 2.50 bits per heavy atom. The molecule has 0 atom stereocenters. The van der Waals surface area contributed by atoms with Crippen LogP contribution in [0.2, 0.25) is 0 Å². The summed E-state index contributed by atoms with van der Waals surface area (Å²) < 4.78 is 0. The Bertz CT molecular complexity index is 149. The maximum Gasteiger partial charge on any atom is 0.372 e. The monoisotopic (exact) mass is 142 g/mol. The van der Waals surface area contributed by atoms with Crippen molar-refractivity contribution in [3.05, 3.63) is 12.7 Å². The van der Waals surface area contributed by atoms with Crippen LogP contribution in [0.15, 0.2) is 12.7 Å². The Balaban J connectivity index is 3.40. The summed E-state index contributed by atoms with van der Waals surface area (Å²) >= 11 is 0. The highest BCUT2D eigenvalue weighted by Gasteiger charge is 2.08. The van der Waals surface area contributed by atoms with Gasteiger partial charge in [0.1, 0.15) is 0 Å². The van der Waals surface area contributed by atoms with E-state index in [1.165, 1.54) is 0 Å². The number of allylic oxidation sites excluding steroid dienone is 1. The second-order valence-corrected chi connectivity index (χ2v) is 1.91. The van der Waals surface area contributed by atoms with Crippen LogP contribution in [0.1, 0.15) is 19.3 Å². The number of hydrogen-bond acceptors (Lipinski definition) is 2. The molecule has 0 bridgehead atoms. The first kappa shape index (κ1) is 8.88. The van der Waals surface area contributed by atoms with Crippen LogP contribution in [0.5, 0.6) is 0 Å². The first-order valence-corrected chi connectivity index (χ1v) is 3.05. The van der Waals surface area contributed by atoms with Gasteiger partial charge >= 0.3 is 5.97 Å². The third-order valence-corrected chi connectivity index (χ3v) is 1.05. The molecule has 0 aromatic heterocycles. The van der Waals surface area contributed by atoms with Gasteiger partial charge in [0.25, 0.3) is 0 Å². The zero-order chi connectivity index (χ0) is 7.98. The van der Waals surface area contributed by atoms with E-state index in [2.05, 4.69) is 6.58 Å². The Labute approximate surface area is 59.4 Å². The zero-order valence-electron chi connectivity index (χ0n) is 5.67. The van der Waals surface area contributed by atoms with Crippen LogP contribution in [-0.4, -0.2) is 16.9 Å². The van der Waals surface area contributed by atoms with Gasteiger partial charge in [-0.3, -0.25) is 4.79 Å². The van der Waals surface area contributed by atoms with E-state index in [0.717, 1.165) is 0 Å². The first-order chi connectivity index (χ1) is 4.68. The Morgan fingerprint density at radius 1 is 1.50 bits per heavy atom. The molecule has 1 N–H and O–H groups in total. The van der Waals surface area contributed by atoms with Crippen molar-refractivity contribution in [3.8, 4) is 0 Å². The molecule has 0 heterocycles. The number of rotatable bonds is 5. The minimum atomic E-state index is -1.34. The van der Waals surface area contributed by atoms with Gasteiger partial charge in [0.15, 0.2) is 0 Å². The second-order valence-electron chi connectivity index (χ2n) is 1.91. The molecule has 0 aliphatic rings. The molecule has 0 aliphatic heterocycles. The number of carbonyl (C=O) groups is 2. The minimum Gasteiger partial charge on any atom is -0.476 e. The summed E-state index contributed by atoms with van der Waals surface area (Å²) in [5.74, 6) is -2.06. The largest absolute Gasteiger partial charge is 0.476 e. The smallest absolute Gasteiger partial charge is 0.372 e. The fourth-order valence-corrected chi connectivity index (χ4v) is 0.514. The van der Waals surface area contributed by atoms with Crippen molar-refractivity contribution in [2.75, 3.05) is 0 Å². The van der Waals surface area contributed by atoms with Crippen molar-refractivity contribution >= 4 is 11.8 Å². The summed E-state index contributed by atoms with van der Waals surface area (Å²) in [4.78, 5) is 20.3. The van der Waals surface area contributed by atoms with Gasteiger partial charge < -0.3 is 5.11 Å². The lowest BCUT2D eigenvalue weighted by Gasteiger charge is -1.90. The fourth-order valence-electron chi connectivity index (χ4n) is 0.514. The molecular weight excluding hydrogens is 132 g/mol. The average Bonchev–Trinajstić information content (AvgIpc) is 1.88. The summed E-state index contributed by atoms with van der Waals surface area (Å²) in [6.07, 6.45) is 3.05. The molecular formula is C7H10O3. The summed E-state index contributed by atoms with van der Waals surface area (Å²) in [6.45, 7) is 3.44. The van der Waals surface area contributed by atoms with Crippen molar-refractivity contribution in [2.45, 2.75) is 19.3 Å². The SMILES string of the molecule is C=CCCCC(=O)C(=O)O. The predicted octanol–water partition coefficient (Wildman–Crippen LogP) is 0.996. The second kappa shape index (κ2) is 4.73. The standard InChI is InChI=1S/C7H10O3/c1-2-3-4-5-6(8)7(9)10/h2H,1,3-5H2,(H,9,10). The van der Waals surface area contributed by atoms with Crippen LogP contribution in [0.4, 0.5) is 0 Å². The summed E-state index contributed by atoms with van der Waals surface area (Å²) in [6, 6.07) is 0. The molecule has 0 amide bonds. The number of Topliss-reactive ketones (excluding diaryl/α,β-unsaturated/α-hetero) is 1. The van der Waals surface area contributed by atoms with E-state index in [-0.39, 0.29) is 6.42 Å². The maximum atomic E-state index is 10.4. The fraction of sp³-hybridized carbons (Fsp3) is 0.429. The lowest BCUT2D eigenvalue weighted by atomic mass is 10.2. The quantitative estimate of drug-likeness (QED) is 0.354. The normalized spacial score (nSPS) is 8.80. The van der Waals surface area contributed by atoms with E-state index in [0.29, 0.717) is 12.8 Å². The maximum absolute atomic E-state index is 10.4. The third-order valence-electron chi connectivity index (χ3n) is 1.05. The number of hydrogen-bond donors (Lipinski definition) is 1. The average molecular weight is 142 g/mol. The van der Waals surface area contributed by atoms with E-state index in [1.54, 1.807) is 6.08 Å². The zero-order valence-corrected chi connectivity index (χ0v) is 5.67. The Hall–Kier alpha value is -1.12. The van der Waals surface area contributed by atoms with E-state index >= 15 is 0 Å². The molecule has 0 saturated heterocycles. The number of aliphatic carboxylic acids is 1. The van der Waals surface area contributed by atoms with Crippen LogP contribution in [0.3, 0.4) is 0 Å². The van der Waals surface area contributed by atoms with Crippen molar-refractivity contribution < 1.29 is 14.7 Å². The van der Waals surface area contributed by atoms with E-state index in [1.807, 2.05) is 0 Å². The summed E-state index contributed by atoms with van der Waals surface area (Å²) in [5.41, 5.74) is 0. The molecule has 0 radical (unpaired) electrons. The third kappa shape index (κ3) is 3.83. The van der Waals surface area contributed by atoms with Gasteiger partial charge in [0.05, 0.1) is 0 Å². The van der Waals surface area contributed by atoms with Gasteiger partial charge in [0.2, 0.25) is 5.78 Å². The molecule has 10 heavy (non-hydrogen) atoms. The van der Waals surface area contributed by atoms with Crippen molar-refractivity contribution in [1.82, 2.24) is 0 Å². The molecule has 0 fully saturated rings. The van der Waals surface area contributed by atoms with Crippen LogP contribution in [-0.2, 0) is 9.59 Å². The van der Waals surface area contributed by atoms with E-state index in [9.17, 15) is 9.59 Å². The van der Waals surface area contributed by atoms with Gasteiger partial charge in [-0.15, -0.1) is 6.58 Å². The molecule has 0 aliphatic carbocycles. The summed E-state index contributed by atoms with van der Waals surface area (Å²) in [7, 11) is 0. The predicted molar refractivity (Wildman–Crippen MR) is 36.7 cm³/mol. The molecule has 0 spiro atoms. The van der Waals surface area contributed by atoms with Crippen LogP contribution < -0.4 is 0 Å². The molecule has 0 saturated carbocycles.